The highest BCUT2D eigenvalue weighted by Gasteiger charge is 2.27. The Hall–Kier alpha value is -2.81. The highest BCUT2D eigenvalue weighted by Crippen LogP contribution is 2.43. The molecule has 0 aliphatic heterocycles. The summed E-state index contributed by atoms with van der Waals surface area (Å²) in [7, 11) is 1.47. The molecule has 0 radical (unpaired) electrons. The number of phosphoric ester groups is 1. The smallest absolute Gasteiger partial charge is 0.462 e. The van der Waals surface area contributed by atoms with E-state index in [4.69, 9.17) is 18.5 Å². The molecule has 10 heteroatoms. The molecule has 2 unspecified atom stereocenters. The Bertz CT molecular complexity index is 1520. The predicted molar refractivity (Wildman–Crippen MR) is 316 cm³/mol. The van der Waals surface area contributed by atoms with Crippen molar-refractivity contribution in [2.75, 3.05) is 47.5 Å². The number of quaternary nitrogens is 1. The highest BCUT2D eigenvalue weighted by molar-refractivity contribution is 7.47. The van der Waals surface area contributed by atoms with Crippen LogP contribution >= 0.6 is 7.82 Å². The molecule has 428 valence electrons. The molecule has 0 fully saturated rings. The van der Waals surface area contributed by atoms with E-state index in [2.05, 4.69) is 98.9 Å². The Morgan fingerprint density at radius 3 is 1.08 bits per heavy atom. The van der Waals surface area contributed by atoms with Gasteiger partial charge in [-0.3, -0.25) is 18.6 Å². The molecule has 0 aliphatic carbocycles. The van der Waals surface area contributed by atoms with Crippen LogP contribution in [0, 0.1) is 0 Å². The van der Waals surface area contributed by atoms with E-state index in [0.29, 0.717) is 17.4 Å². The number of likely N-dealkylation sites (N-methyl/N-ethyl adjacent to an activating group) is 1. The molecule has 0 aromatic heterocycles. The van der Waals surface area contributed by atoms with Crippen molar-refractivity contribution in [1.29, 1.82) is 0 Å². The maximum Gasteiger partial charge on any atom is 0.472 e. The highest BCUT2D eigenvalue weighted by atomic mass is 31.2. The molecule has 0 aromatic rings. The lowest BCUT2D eigenvalue weighted by Gasteiger charge is -2.24. The van der Waals surface area contributed by atoms with Crippen molar-refractivity contribution >= 4 is 19.8 Å². The van der Waals surface area contributed by atoms with E-state index >= 15 is 0 Å². The van der Waals surface area contributed by atoms with E-state index in [0.717, 1.165) is 96.3 Å². The summed E-state index contributed by atoms with van der Waals surface area (Å²) >= 11 is 0. The van der Waals surface area contributed by atoms with Crippen molar-refractivity contribution in [2.45, 2.75) is 264 Å². The van der Waals surface area contributed by atoms with E-state index in [-0.39, 0.29) is 32.0 Å². The first-order valence-electron chi connectivity index (χ1n) is 30.3. The minimum absolute atomic E-state index is 0.0271. The van der Waals surface area contributed by atoms with Gasteiger partial charge in [-0.1, -0.05) is 247 Å². The second-order valence-corrected chi connectivity index (χ2v) is 22.8. The van der Waals surface area contributed by atoms with Crippen molar-refractivity contribution < 1.29 is 42.1 Å². The molecular formula is C64H115NO8P+. The summed E-state index contributed by atoms with van der Waals surface area (Å²) in [6, 6.07) is 0. The van der Waals surface area contributed by atoms with E-state index < -0.39 is 26.5 Å². The molecule has 0 aromatic carbocycles. The van der Waals surface area contributed by atoms with Crippen LogP contribution in [-0.4, -0.2) is 74.9 Å². The van der Waals surface area contributed by atoms with Crippen LogP contribution in [0.5, 0.6) is 0 Å². The van der Waals surface area contributed by atoms with Crippen molar-refractivity contribution in [3.63, 3.8) is 0 Å². The van der Waals surface area contributed by atoms with Crippen LogP contribution in [0.25, 0.3) is 0 Å². The molecule has 0 bridgehead atoms. The van der Waals surface area contributed by atoms with Crippen LogP contribution in [0.1, 0.15) is 258 Å². The molecule has 0 spiro atoms. The molecule has 0 saturated carbocycles. The van der Waals surface area contributed by atoms with E-state index in [1.165, 1.54) is 128 Å². The molecule has 0 heterocycles. The average molecular weight is 1060 g/mol. The fraction of sp³-hybridized carbons (Fsp3) is 0.750. The van der Waals surface area contributed by atoms with Gasteiger partial charge in [-0.2, -0.15) is 0 Å². The largest absolute Gasteiger partial charge is 0.472 e. The van der Waals surface area contributed by atoms with Gasteiger partial charge in [0.2, 0.25) is 0 Å². The quantitative estimate of drug-likeness (QED) is 0.0211. The summed E-state index contributed by atoms with van der Waals surface area (Å²) in [5, 5.41) is 0. The van der Waals surface area contributed by atoms with E-state index in [1.54, 1.807) is 0 Å². The Labute approximate surface area is 456 Å². The average Bonchev–Trinajstić information content (AvgIpc) is 3.36. The summed E-state index contributed by atoms with van der Waals surface area (Å²) in [6.45, 7) is 4.20. The number of hydrogen-bond acceptors (Lipinski definition) is 7. The number of nitrogens with zero attached hydrogens (tertiary/aromatic N) is 1. The van der Waals surface area contributed by atoms with Crippen molar-refractivity contribution in [1.82, 2.24) is 0 Å². The first-order valence-corrected chi connectivity index (χ1v) is 31.8. The minimum Gasteiger partial charge on any atom is -0.462 e. The van der Waals surface area contributed by atoms with Crippen molar-refractivity contribution in [2.24, 2.45) is 0 Å². The molecule has 0 aliphatic rings. The Balaban J connectivity index is 3.99. The van der Waals surface area contributed by atoms with Crippen molar-refractivity contribution in [3.05, 3.63) is 85.1 Å². The maximum atomic E-state index is 12.8. The SMILES string of the molecule is CC/C=C\C/C=C\C/C=C\C/C=C\CCCCCCCCCCCCCCCCCCCCCCCCC(=O)OC(COC(=O)CCCCCCC/C=C\C/C=C\C/C=C\CC)COP(=O)(O)OCC[N+](C)(C)C. The molecule has 0 rings (SSSR count). The number of hydrogen-bond donors (Lipinski definition) is 1. The zero-order chi connectivity index (χ0) is 54.2. The first kappa shape index (κ1) is 71.2. The lowest BCUT2D eigenvalue weighted by molar-refractivity contribution is -0.870. The minimum atomic E-state index is -4.39. The number of phosphoric acid groups is 1. The molecule has 1 N–H and O–H groups in total. The molecule has 0 saturated heterocycles. The van der Waals surface area contributed by atoms with E-state index in [1.807, 2.05) is 21.1 Å². The van der Waals surface area contributed by atoms with Gasteiger partial charge < -0.3 is 18.9 Å². The lowest BCUT2D eigenvalue weighted by Crippen LogP contribution is -2.37. The van der Waals surface area contributed by atoms with Crippen molar-refractivity contribution in [3.8, 4) is 0 Å². The zero-order valence-electron chi connectivity index (χ0n) is 48.6. The summed E-state index contributed by atoms with van der Waals surface area (Å²) in [6.07, 6.45) is 73.9. The third-order valence-corrected chi connectivity index (χ3v) is 13.9. The van der Waals surface area contributed by atoms with Gasteiger partial charge in [-0.25, -0.2) is 4.57 Å². The van der Waals surface area contributed by atoms with E-state index in [9.17, 15) is 19.0 Å². The summed E-state index contributed by atoms with van der Waals surface area (Å²) in [5.74, 6) is -0.812. The van der Waals surface area contributed by atoms with Gasteiger partial charge in [-0.05, 0) is 83.5 Å². The maximum absolute atomic E-state index is 12.8. The zero-order valence-corrected chi connectivity index (χ0v) is 49.5. The van der Waals surface area contributed by atoms with Gasteiger partial charge in [-0.15, -0.1) is 0 Å². The fourth-order valence-electron chi connectivity index (χ4n) is 8.32. The van der Waals surface area contributed by atoms with Gasteiger partial charge >= 0.3 is 19.8 Å². The van der Waals surface area contributed by atoms with Gasteiger partial charge in [0.25, 0.3) is 0 Å². The predicted octanol–water partition coefficient (Wildman–Crippen LogP) is 19.0. The molecule has 2 atom stereocenters. The van der Waals surface area contributed by atoms with Crippen LogP contribution in [0.2, 0.25) is 0 Å². The second-order valence-electron chi connectivity index (χ2n) is 21.3. The number of ether oxygens (including phenoxy) is 2. The lowest BCUT2D eigenvalue weighted by atomic mass is 10.0. The topological polar surface area (TPSA) is 108 Å². The van der Waals surface area contributed by atoms with Gasteiger partial charge in [0.05, 0.1) is 27.7 Å². The number of rotatable bonds is 55. The Morgan fingerprint density at radius 1 is 0.419 bits per heavy atom. The van der Waals surface area contributed by atoms with Crippen LogP contribution < -0.4 is 0 Å². The molecule has 9 nitrogen and oxygen atoms in total. The van der Waals surface area contributed by atoms with Crippen LogP contribution in [0.4, 0.5) is 0 Å². The van der Waals surface area contributed by atoms with Crippen LogP contribution in [0.15, 0.2) is 85.1 Å². The van der Waals surface area contributed by atoms with Gasteiger partial charge in [0.1, 0.15) is 19.8 Å². The summed E-state index contributed by atoms with van der Waals surface area (Å²) in [4.78, 5) is 35.6. The number of carbonyl (C=O) groups is 2. The van der Waals surface area contributed by atoms with Gasteiger partial charge in [0, 0.05) is 12.8 Å². The van der Waals surface area contributed by atoms with Crippen LogP contribution in [0.3, 0.4) is 0 Å². The normalized spacial score (nSPS) is 13.9. The summed E-state index contributed by atoms with van der Waals surface area (Å²) < 4.78 is 34.5. The fourth-order valence-corrected chi connectivity index (χ4v) is 9.06. The monoisotopic (exact) mass is 1060 g/mol. The molecule has 0 amide bonds. The number of carbonyl (C=O) groups excluding carboxylic acids is 2. The van der Waals surface area contributed by atoms with Gasteiger partial charge in [0.15, 0.2) is 6.10 Å². The first-order chi connectivity index (χ1) is 36.0. The number of esters is 2. The Morgan fingerprint density at radius 2 is 0.730 bits per heavy atom. The molecular weight excluding hydrogens is 942 g/mol. The summed E-state index contributed by atoms with van der Waals surface area (Å²) in [5.41, 5.74) is 0. The second kappa shape index (κ2) is 55.0. The third-order valence-electron chi connectivity index (χ3n) is 12.9. The molecule has 74 heavy (non-hydrogen) atoms. The third kappa shape index (κ3) is 58.5. The standard InChI is InChI=1S/C64H114NO8P/c1-6-8-10-12-14-16-18-20-22-23-24-25-26-27-28-29-30-31-32-33-34-35-36-37-38-39-40-41-43-45-47-49-51-53-55-57-64(67)73-62(61-72-74(68,69)71-59-58-65(3,4)5)60-70-63(66)56-54-52-50-48-46-44-42-21-19-17-15-13-11-9-7-2/h8-11,14-17,20-22,24-25,42,62H,6-7,12-13,18-19,23,26-41,43-61H2,1-5H3/p+1/b10-8-,11-9-,16-14-,17-15-,22-20-,25-24-,42-21-. The number of allylic oxidation sites excluding steroid dienone is 14. The number of unbranched alkanes of at least 4 members (excludes halogenated alkanes) is 27. The van der Waals surface area contributed by atoms with Crippen LogP contribution in [-0.2, 0) is 32.7 Å². The Kier molecular flexibility index (Phi) is 52.9.